The first-order valence-electron chi connectivity index (χ1n) is 7.00. The maximum Gasteiger partial charge on any atom is 0.220 e. The summed E-state index contributed by atoms with van der Waals surface area (Å²) in [7, 11) is 0. The number of nitrogens with one attached hydrogen (secondary N) is 1. The highest BCUT2D eigenvalue weighted by Gasteiger charge is 2.03. The van der Waals surface area contributed by atoms with Crippen LogP contribution in [0, 0.1) is 13.8 Å². The van der Waals surface area contributed by atoms with Gasteiger partial charge in [-0.05, 0) is 32.4 Å². The SMILES string of the molecule is Cc1ccc(OCCCC(=O)NCc2csc(C)n2)cc1. The molecular weight excluding hydrogens is 284 g/mol. The van der Waals surface area contributed by atoms with E-state index in [1.54, 1.807) is 11.3 Å². The molecule has 1 aromatic heterocycles. The van der Waals surface area contributed by atoms with E-state index < -0.39 is 0 Å². The van der Waals surface area contributed by atoms with E-state index in [2.05, 4.69) is 10.3 Å². The van der Waals surface area contributed by atoms with E-state index in [4.69, 9.17) is 4.74 Å². The topological polar surface area (TPSA) is 51.2 Å². The summed E-state index contributed by atoms with van der Waals surface area (Å²) >= 11 is 1.59. The summed E-state index contributed by atoms with van der Waals surface area (Å²) in [5.74, 6) is 0.882. The number of nitrogens with zero attached hydrogens (tertiary/aromatic N) is 1. The molecule has 1 N–H and O–H groups in total. The highest BCUT2D eigenvalue weighted by molar-refractivity contribution is 7.09. The first-order valence-corrected chi connectivity index (χ1v) is 7.88. The number of carbonyl (C=O) groups excluding carboxylic acids is 1. The van der Waals surface area contributed by atoms with Crippen molar-refractivity contribution in [2.45, 2.75) is 33.2 Å². The molecule has 21 heavy (non-hydrogen) atoms. The Morgan fingerprint density at radius 2 is 2.05 bits per heavy atom. The highest BCUT2D eigenvalue weighted by atomic mass is 32.1. The average molecular weight is 304 g/mol. The lowest BCUT2D eigenvalue weighted by molar-refractivity contribution is -0.121. The van der Waals surface area contributed by atoms with Crippen LogP contribution in [0.1, 0.15) is 29.1 Å². The number of rotatable bonds is 7. The lowest BCUT2D eigenvalue weighted by atomic mass is 10.2. The zero-order valence-corrected chi connectivity index (χ0v) is 13.2. The fourth-order valence-electron chi connectivity index (χ4n) is 1.82. The Morgan fingerprint density at radius 1 is 1.29 bits per heavy atom. The van der Waals surface area contributed by atoms with E-state index in [0.29, 0.717) is 26.0 Å². The smallest absolute Gasteiger partial charge is 0.220 e. The number of aromatic nitrogens is 1. The molecule has 4 nitrogen and oxygen atoms in total. The maximum atomic E-state index is 11.7. The summed E-state index contributed by atoms with van der Waals surface area (Å²) in [4.78, 5) is 16.0. The molecule has 1 amide bonds. The molecule has 2 rings (SSSR count). The molecule has 0 bridgehead atoms. The molecule has 1 heterocycles. The molecule has 0 spiro atoms. The van der Waals surface area contributed by atoms with Crippen LogP contribution in [0.25, 0.3) is 0 Å². The van der Waals surface area contributed by atoms with Gasteiger partial charge in [0.05, 0.1) is 23.9 Å². The van der Waals surface area contributed by atoms with Gasteiger partial charge in [-0.3, -0.25) is 4.79 Å². The van der Waals surface area contributed by atoms with Gasteiger partial charge in [-0.1, -0.05) is 17.7 Å². The summed E-state index contributed by atoms with van der Waals surface area (Å²) in [6.45, 7) is 5.05. The summed E-state index contributed by atoms with van der Waals surface area (Å²) in [5, 5.41) is 5.86. The van der Waals surface area contributed by atoms with E-state index in [1.165, 1.54) is 5.56 Å². The maximum absolute atomic E-state index is 11.7. The summed E-state index contributed by atoms with van der Waals surface area (Å²) in [5.41, 5.74) is 2.13. The molecule has 0 aliphatic carbocycles. The summed E-state index contributed by atoms with van der Waals surface area (Å²) < 4.78 is 5.59. The van der Waals surface area contributed by atoms with E-state index in [9.17, 15) is 4.79 Å². The molecule has 0 aliphatic rings. The van der Waals surface area contributed by atoms with Gasteiger partial charge < -0.3 is 10.1 Å². The van der Waals surface area contributed by atoms with Crippen LogP contribution < -0.4 is 10.1 Å². The van der Waals surface area contributed by atoms with Gasteiger partial charge in [-0.25, -0.2) is 4.98 Å². The van der Waals surface area contributed by atoms with Crippen molar-refractivity contribution in [3.8, 4) is 5.75 Å². The van der Waals surface area contributed by atoms with Crippen LogP contribution in [0.15, 0.2) is 29.6 Å². The molecule has 0 atom stereocenters. The Hall–Kier alpha value is -1.88. The van der Waals surface area contributed by atoms with E-state index >= 15 is 0 Å². The number of hydrogen-bond acceptors (Lipinski definition) is 4. The number of benzene rings is 1. The fraction of sp³-hybridized carbons (Fsp3) is 0.375. The zero-order valence-electron chi connectivity index (χ0n) is 12.4. The Bertz CT molecular complexity index is 578. The number of amides is 1. The average Bonchev–Trinajstić information content (AvgIpc) is 2.89. The van der Waals surface area contributed by atoms with Crippen molar-refractivity contribution in [3.63, 3.8) is 0 Å². The minimum Gasteiger partial charge on any atom is -0.494 e. The Labute approximate surface area is 129 Å². The quantitative estimate of drug-likeness (QED) is 0.799. The van der Waals surface area contributed by atoms with Crippen molar-refractivity contribution in [2.24, 2.45) is 0 Å². The first-order chi connectivity index (χ1) is 10.1. The third kappa shape index (κ3) is 5.55. The number of aryl methyl sites for hydroxylation is 2. The summed E-state index contributed by atoms with van der Waals surface area (Å²) in [6, 6.07) is 7.91. The van der Waals surface area contributed by atoms with Gasteiger partial charge in [-0.15, -0.1) is 11.3 Å². The molecule has 0 radical (unpaired) electrons. The largest absolute Gasteiger partial charge is 0.494 e. The lowest BCUT2D eigenvalue weighted by Gasteiger charge is -2.06. The molecule has 2 aromatic rings. The second-order valence-electron chi connectivity index (χ2n) is 4.90. The Balaban J connectivity index is 1.59. The number of hydrogen-bond donors (Lipinski definition) is 1. The van der Waals surface area contributed by atoms with Crippen LogP contribution in [-0.4, -0.2) is 17.5 Å². The van der Waals surface area contributed by atoms with Gasteiger partial charge >= 0.3 is 0 Å². The van der Waals surface area contributed by atoms with Crippen LogP contribution >= 0.6 is 11.3 Å². The fourth-order valence-corrected chi connectivity index (χ4v) is 2.44. The molecule has 112 valence electrons. The van der Waals surface area contributed by atoms with Crippen molar-refractivity contribution in [1.29, 1.82) is 0 Å². The predicted octanol–water partition coefficient (Wildman–Crippen LogP) is 3.24. The second kappa shape index (κ2) is 7.78. The molecule has 5 heteroatoms. The minimum absolute atomic E-state index is 0.0353. The Morgan fingerprint density at radius 3 is 2.71 bits per heavy atom. The van der Waals surface area contributed by atoms with Crippen LogP contribution in [-0.2, 0) is 11.3 Å². The molecular formula is C16H20N2O2S. The van der Waals surface area contributed by atoms with Gasteiger partial charge in [0, 0.05) is 11.8 Å². The monoisotopic (exact) mass is 304 g/mol. The summed E-state index contributed by atoms with van der Waals surface area (Å²) in [6.07, 6.45) is 1.17. The molecule has 0 saturated heterocycles. The van der Waals surface area contributed by atoms with Crippen molar-refractivity contribution in [3.05, 3.63) is 45.9 Å². The molecule has 1 aromatic carbocycles. The van der Waals surface area contributed by atoms with Gasteiger partial charge in [0.2, 0.25) is 5.91 Å². The third-order valence-electron chi connectivity index (χ3n) is 2.97. The molecule has 0 fully saturated rings. The number of ether oxygens (including phenoxy) is 1. The van der Waals surface area contributed by atoms with Gasteiger partial charge in [-0.2, -0.15) is 0 Å². The van der Waals surface area contributed by atoms with Crippen molar-refractivity contribution < 1.29 is 9.53 Å². The van der Waals surface area contributed by atoms with E-state index in [-0.39, 0.29) is 5.91 Å². The first kappa shape index (κ1) is 15.5. The molecule has 0 unspecified atom stereocenters. The van der Waals surface area contributed by atoms with E-state index in [1.807, 2.05) is 43.5 Å². The van der Waals surface area contributed by atoms with Crippen LogP contribution in [0.3, 0.4) is 0 Å². The van der Waals surface area contributed by atoms with Crippen LogP contribution in [0.2, 0.25) is 0 Å². The standard InChI is InChI=1S/C16H20N2O2S/c1-12-5-7-15(8-6-12)20-9-3-4-16(19)17-10-14-11-21-13(2)18-14/h5-8,11H,3-4,9-10H2,1-2H3,(H,17,19). The van der Waals surface area contributed by atoms with Gasteiger partial charge in [0.25, 0.3) is 0 Å². The molecule has 0 aliphatic heterocycles. The van der Waals surface area contributed by atoms with Gasteiger partial charge in [0.1, 0.15) is 5.75 Å². The van der Waals surface area contributed by atoms with Crippen LogP contribution in [0.4, 0.5) is 0 Å². The van der Waals surface area contributed by atoms with Crippen LogP contribution in [0.5, 0.6) is 5.75 Å². The zero-order chi connectivity index (χ0) is 15.1. The molecule has 0 saturated carbocycles. The normalized spacial score (nSPS) is 10.4. The van der Waals surface area contributed by atoms with Crippen molar-refractivity contribution in [1.82, 2.24) is 10.3 Å². The predicted molar refractivity (Wildman–Crippen MR) is 84.6 cm³/mol. The van der Waals surface area contributed by atoms with Crippen molar-refractivity contribution >= 4 is 17.2 Å². The Kier molecular flexibility index (Phi) is 5.75. The number of thiazole rings is 1. The minimum atomic E-state index is 0.0353. The van der Waals surface area contributed by atoms with E-state index in [0.717, 1.165) is 16.5 Å². The highest BCUT2D eigenvalue weighted by Crippen LogP contribution is 2.12. The van der Waals surface area contributed by atoms with Crippen molar-refractivity contribution in [2.75, 3.05) is 6.61 Å². The third-order valence-corrected chi connectivity index (χ3v) is 3.79. The lowest BCUT2D eigenvalue weighted by Crippen LogP contribution is -2.23. The number of carbonyl (C=O) groups is 1. The second-order valence-corrected chi connectivity index (χ2v) is 5.96. The van der Waals surface area contributed by atoms with Gasteiger partial charge in [0.15, 0.2) is 0 Å².